The van der Waals surface area contributed by atoms with Crippen molar-refractivity contribution in [3.63, 3.8) is 0 Å². The number of carbonyl (C=O) groups excluding carboxylic acids is 1. The van der Waals surface area contributed by atoms with E-state index in [1.165, 1.54) is 37.7 Å². The van der Waals surface area contributed by atoms with Crippen LogP contribution in [0.25, 0.3) is 0 Å². The van der Waals surface area contributed by atoms with Gasteiger partial charge in [-0.25, -0.2) is 5.43 Å². The number of rotatable bonds is 4. The molecule has 3 nitrogen and oxygen atoms in total. The molecule has 0 radical (unpaired) electrons. The molecule has 1 aromatic rings. The first kappa shape index (κ1) is 17.1. The summed E-state index contributed by atoms with van der Waals surface area (Å²) in [5, 5.41) is 4.23. The molecule has 1 amide bonds. The van der Waals surface area contributed by atoms with E-state index >= 15 is 0 Å². The van der Waals surface area contributed by atoms with Gasteiger partial charge in [-0.15, -0.1) is 11.8 Å². The molecule has 1 N–H and O–H groups in total. The molecule has 0 saturated heterocycles. The predicted octanol–water partition coefficient (Wildman–Crippen LogP) is 4.69. The summed E-state index contributed by atoms with van der Waals surface area (Å²) in [4.78, 5) is 13.3. The standard InChI is InChI=1S/C18H26N2OS/c1-14-10-12-17(13-11-14)22-15(2)18(21)20-19-16-8-6-4-3-5-7-9-16/h10-13,15H,3-9H2,1-2H3,(H,20,21)/t15-/m0/s1. The lowest BCUT2D eigenvalue weighted by atomic mass is 9.99. The van der Waals surface area contributed by atoms with E-state index < -0.39 is 0 Å². The highest BCUT2D eigenvalue weighted by Crippen LogP contribution is 2.23. The fourth-order valence-electron chi connectivity index (χ4n) is 2.52. The van der Waals surface area contributed by atoms with Gasteiger partial charge in [-0.2, -0.15) is 5.10 Å². The van der Waals surface area contributed by atoms with Crippen molar-refractivity contribution in [3.8, 4) is 0 Å². The maximum absolute atomic E-state index is 12.2. The normalized spacial score (nSPS) is 17.3. The number of hydrogen-bond acceptors (Lipinski definition) is 3. The second-order valence-corrected chi connectivity index (χ2v) is 7.41. The van der Waals surface area contributed by atoms with E-state index in [0.29, 0.717) is 0 Å². The number of carbonyl (C=O) groups is 1. The molecule has 22 heavy (non-hydrogen) atoms. The molecule has 1 aliphatic rings. The Hall–Kier alpha value is -1.29. The first-order valence-corrected chi connectivity index (χ1v) is 9.12. The van der Waals surface area contributed by atoms with E-state index in [0.717, 1.165) is 23.4 Å². The van der Waals surface area contributed by atoms with E-state index in [-0.39, 0.29) is 11.2 Å². The van der Waals surface area contributed by atoms with Gasteiger partial charge in [0.25, 0.3) is 5.91 Å². The van der Waals surface area contributed by atoms with E-state index in [4.69, 9.17) is 0 Å². The minimum Gasteiger partial charge on any atom is -0.272 e. The Bertz CT molecular complexity index is 500. The van der Waals surface area contributed by atoms with Crippen LogP contribution in [-0.2, 0) is 4.79 Å². The van der Waals surface area contributed by atoms with Crippen molar-refractivity contribution >= 4 is 23.4 Å². The van der Waals surface area contributed by atoms with Crippen LogP contribution in [0, 0.1) is 6.92 Å². The van der Waals surface area contributed by atoms with E-state index in [9.17, 15) is 4.79 Å². The van der Waals surface area contributed by atoms with Crippen LogP contribution in [0.2, 0.25) is 0 Å². The smallest absolute Gasteiger partial charge is 0.253 e. The third-order valence-corrected chi connectivity index (χ3v) is 5.07. The third kappa shape index (κ3) is 5.84. The van der Waals surface area contributed by atoms with Gasteiger partial charge in [0.2, 0.25) is 0 Å². The number of nitrogens with zero attached hydrogens (tertiary/aromatic N) is 1. The van der Waals surface area contributed by atoms with Gasteiger partial charge in [0, 0.05) is 10.6 Å². The Morgan fingerprint density at radius 3 is 2.32 bits per heavy atom. The molecule has 1 atom stereocenters. The Kier molecular flexibility index (Phi) is 6.97. The number of hydrogen-bond donors (Lipinski definition) is 1. The number of benzene rings is 1. The summed E-state index contributed by atoms with van der Waals surface area (Å²) in [6.45, 7) is 3.99. The van der Waals surface area contributed by atoms with Crippen LogP contribution in [0.15, 0.2) is 34.3 Å². The summed E-state index contributed by atoms with van der Waals surface area (Å²) in [5.74, 6) is -0.0138. The Labute approximate surface area is 138 Å². The molecule has 2 rings (SSSR count). The maximum Gasteiger partial charge on any atom is 0.253 e. The van der Waals surface area contributed by atoms with E-state index in [1.54, 1.807) is 11.8 Å². The zero-order chi connectivity index (χ0) is 15.8. The van der Waals surface area contributed by atoms with Crippen LogP contribution in [0.3, 0.4) is 0 Å². The molecule has 0 aliphatic heterocycles. The van der Waals surface area contributed by atoms with E-state index in [2.05, 4.69) is 41.7 Å². The molecule has 1 fully saturated rings. The molecule has 0 spiro atoms. The van der Waals surface area contributed by atoms with Crippen molar-refractivity contribution in [2.24, 2.45) is 5.10 Å². The Morgan fingerprint density at radius 1 is 1.09 bits per heavy atom. The average molecular weight is 318 g/mol. The van der Waals surface area contributed by atoms with Crippen molar-refractivity contribution in [2.75, 3.05) is 0 Å². The van der Waals surface area contributed by atoms with Crippen LogP contribution in [-0.4, -0.2) is 16.9 Å². The van der Waals surface area contributed by atoms with Gasteiger partial charge >= 0.3 is 0 Å². The molecule has 1 saturated carbocycles. The zero-order valence-electron chi connectivity index (χ0n) is 13.6. The number of amides is 1. The summed E-state index contributed by atoms with van der Waals surface area (Å²) in [5.41, 5.74) is 5.15. The lowest BCUT2D eigenvalue weighted by Crippen LogP contribution is -2.28. The first-order valence-electron chi connectivity index (χ1n) is 8.24. The molecule has 0 heterocycles. The summed E-state index contributed by atoms with van der Waals surface area (Å²) in [7, 11) is 0. The molecule has 1 aromatic carbocycles. The quantitative estimate of drug-likeness (QED) is 0.646. The molecule has 1 aliphatic carbocycles. The Balaban J connectivity index is 1.83. The molecule has 120 valence electrons. The molecular weight excluding hydrogens is 292 g/mol. The van der Waals surface area contributed by atoms with Crippen molar-refractivity contribution in [1.29, 1.82) is 0 Å². The van der Waals surface area contributed by atoms with Gasteiger partial charge in [0.15, 0.2) is 0 Å². The van der Waals surface area contributed by atoms with Crippen LogP contribution >= 0.6 is 11.8 Å². The second kappa shape index (κ2) is 8.99. The lowest BCUT2D eigenvalue weighted by molar-refractivity contribution is -0.120. The summed E-state index contributed by atoms with van der Waals surface area (Å²) in [6.07, 6.45) is 8.35. The fourth-order valence-corrected chi connectivity index (χ4v) is 3.39. The largest absolute Gasteiger partial charge is 0.272 e. The fraction of sp³-hybridized carbons (Fsp3) is 0.556. The van der Waals surface area contributed by atoms with Gasteiger partial charge < -0.3 is 0 Å². The molecular formula is C18H26N2OS. The number of hydrazone groups is 1. The molecule has 0 unspecified atom stereocenters. The highest BCUT2D eigenvalue weighted by Gasteiger charge is 2.14. The minimum absolute atomic E-state index is 0.0138. The van der Waals surface area contributed by atoms with Gasteiger partial charge in [-0.05, 0) is 51.7 Å². The average Bonchev–Trinajstić information content (AvgIpc) is 2.48. The molecule has 4 heteroatoms. The zero-order valence-corrected chi connectivity index (χ0v) is 14.4. The van der Waals surface area contributed by atoms with Gasteiger partial charge in [0.05, 0.1) is 5.25 Å². The monoisotopic (exact) mass is 318 g/mol. The van der Waals surface area contributed by atoms with Gasteiger partial charge in [0.1, 0.15) is 0 Å². The van der Waals surface area contributed by atoms with Crippen molar-refractivity contribution < 1.29 is 4.79 Å². The number of nitrogens with one attached hydrogen (secondary N) is 1. The van der Waals surface area contributed by atoms with Crippen LogP contribution < -0.4 is 5.43 Å². The second-order valence-electron chi connectivity index (χ2n) is 5.99. The van der Waals surface area contributed by atoms with Crippen molar-refractivity contribution in [3.05, 3.63) is 29.8 Å². The molecule has 0 bridgehead atoms. The van der Waals surface area contributed by atoms with E-state index in [1.807, 2.05) is 6.92 Å². The number of thioether (sulfide) groups is 1. The third-order valence-electron chi connectivity index (χ3n) is 3.96. The van der Waals surface area contributed by atoms with Crippen LogP contribution in [0.5, 0.6) is 0 Å². The van der Waals surface area contributed by atoms with Crippen LogP contribution in [0.1, 0.15) is 57.4 Å². The van der Waals surface area contributed by atoms with Crippen molar-refractivity contribution in [2.45, 2.75) is 68.9 Å². The summed E-state index contributed by atoms with van der Waals surface area (Å²) >= 11 is 1.57. The summed E-state index contributed by atoms with van der Waals surface area (Å²) < 4.78 is 0. The highest BCUT2D eigenvalue weighted by atomic mass is 32.2. The minimum atomic E-state index is -0.138. The highest BCUT2D eigenvalue weighted by molar-refractivity contribution is 8.00. The van der Waals surface area contributed by atoms with Crippen molar-refractivity contribution in [1.82, 2.24) is 5.43 Å². The first-order chi connectivity index (χ1) is 10.6. The lowest BCUT2D eigenvalue weighted by Gasteiger charge is -2.13. The molecule has 0 aromatic heterocycles. The van der Waals surface area contributed by atoms with Gasteiger partial charge in [-0.3, -0.25) is 4.79 Å². The maximum atomic E-state index is 12.2. The van der Waals surface area contributed by atoms with Crippen LogP contribution in [0.4, 0.5) is 0 Å². The number of aryl methyl sites for hydroxylation is 1. The SMILES string of the molecule is Cc1ccc(S[C@@H](C)C(=O)NN=C2CCCCCCC2)cc1. The topological polar surface area (TPSA) is 41.5 Å². The Morgan fingerprint density at radius 2 is 1.68 bits per heavy atom. The predicted molar refractivity (Wildman–Crippen MR) is 94.4 cm³/mol. The van der Waals surface area contributed by atoms with Gasteiger partial charge in [-0.1, -0.05) is 37.0 Å². The summed E-state index contributed by atoms with van der Waals surface area (Å²) in [6, 6.07) is 8.26.